The zero-order chi connectivity index (χ0) is 19.5. The maximum atomic E-state index is 12.4. The van der Waals surface area contributed by atoms with Gasteiger partial charge in [-0.05, 0) is 43.7 Å². The van der Waals surface area contributed by atoms with Crippen molar-refractivity contribution in [2.75, 3.05) is 36.4 Å². The van der Waals surface area contributed by atoms with E-state index in [2.05, 4.69) is 35.1 Å². The summed E-state index contributed by atoms with van der Waals surface area (Å²) in [7, 11) is 0. The molecule has 7 heteroatoms. The molecule has 0 unspecified atom stereocenters. The van der Waals surface area contributed by atoms with Crippen LogP contribution in [0.1, 0.15) is 26.6 Å². The monoisotopic (exact) mass is 397 g/mol. The van der Waals surface area contributed by atoms with E-state index in [0.29, 0.717) is 5.76 Å². The standard InChI is InChI=1S/C21H24N4O2S/c1-15-16(2)28-21(23-20(26)18-6-5-13-27-18)17(15)14-24-9-11-25(12-10-24)19-7-3-4-8-22-19/h3-8,13H,9-12,14H2,1-2H3,(H,23,26)/p+1. The highest BCUT2D eigenvalue weighted by Gasteiger charge is 2.25. The molecule has 0 aliphatic carbocycles. The molecule has 2 N–H and O–H groups in total. The van der Waals surface area contributed by atoms with Crippen molar-refractivity contribution in [3.05, 3.63) is 64.6 Å². The van der Waals surface area contributed by atoms with Gasteiger partial charge in [-0.3, -0.25) is 4.79 Å². The molecule has 6 nitrogen and oxygen atoms in total. The number of pyridine rings is 1. The maximum absolute atomic E-state index is 12.4. The second-order valence-corrected chi connectivity index (χ2v) is 8.35. The van der Waals surface area contributed by atoms with Gasteiger partial charge in [-0.1, -0.05) is 6.07 Å². The summed E-state index contributed by atoms with van der Waals surface area (Å²) in [6.45, 7) is 9.26. The van der Waals surface area contributed by atoms with Gasteiger partial charge in [-0.2, -0.15) is 0 Å². The third-order valence-corrected chi connectivity index (χ3v) is 6.52. The van der Waals surface area contributed by atoms with Crippen LogP contribution in [0.25, 0.3) is 0 Å². The lowest BCUT2D eigenvalue weighted by atomic mass is 10.1. The molecule has 0 saturated carbocycles. The number of quaternary nitrogens is 1. The predicted molar refractivity (Wildman–Crippen MR) is 111 cm³/mol. The molecule has 1 amide bonds. The Morgan fingerprint density at radius 1 is 1.25 bits per heavy atom. The van der Waals surface area contributed by atoms with Gasteiger partial charge in [0.1, 0.15) is 17.4 Å². The smallest absolute Gasteiger partial charge is 0.291 e. The highest BCUT2D eigenvalue weighted by Crippen LogP contribution is 2.32. The molecule has 0 aromatic carbocycles. The second kappa shape index (κ2) is 8.16. The summed E-state index contributed by atoms with van der Waals surface area (Å²) in [5, 5.41) is 3.99. The molecule has 146 valence electrons. The molecular formula is C21H25N4O2S+. The fourth-order valence-corrected chi connectivity index (χ4v) is 4.65. The molecule has 3 aromatic rings. The van der Waals surface area contributed by atoms with Crippen molar-refractivity contribution >= 4 is 28.1 Å². The molecule has 3 aromatic heterocycles. The quantitative estimate of drug-likeness (QED) is 0.695. The number of furan rings is 1. The van der Waals surface area contributed by atoms with E-state index in [1.54, 1.807) is 23.5 Å². The number of aryl methyl sites for hydroxylation is 1. The van der Waals surface area contributed by atoms with E-state index in [1.807, 2.05) is 18.3 Å². The van der Waals surface area contributed by atoms with Gasteiger partial charge < -0.3 is 19.5 Å². The van der Waals surface area contributed by atoms with Crippen LogP contribution < -0.4 is 15.1 Å². The van der Waals surface area contributed by atoms with E-state index in [-0.39, 0.29) is 5.91 Å². The highest BCUT2D eigenvalue weighted by atomic mass is 32.1. The number of carbonyl (C=O) groups is 1. The topological polar surface area (TPSA) is 62.8 Å². The molecule has 4 heterocycles. The summed E-state index contributed by atoms with van der Waals surface area (Å²) >= 11 is 1.65. The Balaban J connectivity index is 1.43. The lowest BCUT2D eigenvalue weighted by Crippen LogP contribution is -3.13. The van der Waals surface area contributed by atoms with Crippen LogP contribution in [0.3, 0.4) is 0 Å². The van der Waals surface area contributed by atoms with Gasteiger partial charge in [-0.25, -0.2) is 4.98 Å². The SMILES string of the molecule is Cc1sc(NC(=O)c2ccco2)c(C[NH+]2CCN(c3ccccn3)CC2)c1C. The third kappa shape index (κ3) is 3.95. The van der Waals surface area contributed by atoms with Crippen molar-refractivity contribution < 1.29 is 14.1 Å². The summed E-state index contributed by atoms with van der Waals surface area (Å²) in [6, 6.07) is 9.47. The number of aromatic nitrogens is 1. The predicted octanol–water partition coefficient (Wildman–Crippen LogP) is 2.51. The average Bonchev–Trinajstić information content (AvgIpc) is 3.34. The number of carbonyl (C=O) groups excluding carboxylic acids is 1. The van der Waals surface area contributed by atoms with Gasteiger partial charge in [-0.15, -0.1) is 11.3 Å². The number of amides is 1. The normalized spacial score (nSPS) is 15.0. The molecule has 1 aliphatic rings. The first-order valence-electron chi connectivity index (χ1n) is 9.55. The molecule has 1 aliphatic heterocycles. The summed E-state index contributed by atoms with van der Waals surface area (Å²) in [4.78, 5) is 22.0. The minimum atomic E-state index is -0.192. The van der Waals surface area contributed by atoms with Crippen LogP contribution in [0.5, 0.6) is 0 Å². The van der Waals surface area contributed by atoms with E-state index >= 15 is 0 Å². The number of nitrogens with one attached hydrogen (secondary N) is 2. The van der Waals surface area contributed by atoms with E-state index in [9.17, 15) is 4.79 Å². The van der Waals surface area contributed by atoms with Gasteiger partial charge in [0, 0.05) is 16.6 Å². The van der Waals surface area contributed by atoms with E-state index in [1.165, 1.54) is 27.2 Å². The van der Waals surface area contributed by atoms with Crippen LogP contribution in [0.4, 0.5) is 10.8 Å². The molecule has 28 heavy (non-hydrogen) atoms. The number of rotatable bonds is 5. The Bertz CT molecular complexity index is 929. The molecule has 0 bridgehead atoms. The molecule has 1 fully saturated rings. The fraction of sp³-hybridized carbons (Fsp3) is 0.333. The third-order valence-electron chi connectivity index (χ3n) is 5.35. The van der Waals surface area contributed by atoms with Gasteiger partial charge in [0.25, 0.3) is 5.91 Å². The number of thiophene rings is 1. The van der Waals surface area contributed by atoms with Gasteiger partial charge in [0.05, 0.1) is 32.4 Å². The van der Waals surface area contributed by atoms with E-state index in [4.69, 9.17) is 4.42 Å². The van der Waals surface area contributed by atoms with Crippen LogP contribution in [-0.2, 0) is 6.54 Å². The second-order valence-electron chi connectivity index (χ2n) is 7.12. The van der Waals surface area contributed by atoms with Crippen LogP contribution >= 0.6 is 11.3 Å². The van der Waals surface area contributed by atoms with E-state index in [0.717, 1.165) is 43.5 Å². The number of nitrogens with zero attached hydrogens (tertiary/aromatic N) is 2. The minimum Gasteiger partial charge on any atom is -0.459 e. The first kappa shape index (κ1) is 18.7. The number of piperazine rings is 1. The summed E-state index contributed by atoms with van der Waals surface area (Å²) in [5.74, 6) is 1.20. The summed E-state index contributed by atoms with van der Waals surface area (Å²) in [5.41, 5.74) is 2.52. The lowest BCUT2D eigenvalue weighted by molar-refractivity contribution is -0.914. The zero-order valence-corrected chi connectivity index (χ0v) is 17.0. The van der Waals surface area contributed by atoms with Crippen LogP contribution in [0.2, 0.25) is 0 Å². The summed E-state index contributed by atoms with van der Waals surface area (Å²) in [6.07, 6.45) is 3.37. The van der Waals surface area contributed by atoms with Crippen LogP contribution in [0.15, 0.2) is 47.2 Å². The highest BCUT2D eigenvalue weighted by molar-refractivity contribution is 7.16. The van der Waals surface area contributed by atoms with Gasteiger partial charge in [0.2, 0.25) is 0 Å². The van der Waals surface area contributed by atoms with Gasteiger partial charge in [0.15, 0.2) is 5.76 Å². The fourth-order valence-electron chi connectivity index (χ4n) is 3.58. The molecule has 0 atom stereocenters. The molecule has 1 saturated heterocycles. The van der Waals surface area contributed by atoms with Crippen molar-refractivity contribution in [1.29, 1.82) is 0 Å². The lowest BCUT2D eigenvalue weighted by Gasteiger charge is -2.33. The zero-order valence-electron chi connectivity index (χ0n) is 16.2. The van der Waals surface area contributed by atoms with Crippen LogP contribution in [0, 0.1) is 13.8 Å². The number of hydrogen-bond donors (Lipinski definition) is 2. The molecule has 4 rings (SSSR count). The molecule has 0 spiro atoms. The van der Waals surface area contributed by atoms with Crippen molar-refractivity contribution in [1.82, 2.24) is 4.98 Å². The Kier molecular flexibility index (Phi) is 5.45. The largest absolute Gasteiger partial charge is 0.459 e. The summed E-state index contributed by atoms with van der Waals surface area (Å²) < 4.78 is 5.22. The van der Waals surface area contributed by atoms with Crippen LogP contribution in [-0.4, -0.2) is 37.1 Å². The van der Waals surface area contributed by atoms with Crippen molar-refractivity contribution in [2.24, 2.45) is 0 Å². The average molecular weight is 398 g/mol. The van der Waals surface area contributed by atoms with Crippen molar-refractivity contribution in [3.63, 3.8) is 0 Å². The minimum absolute atomic E-state index is 0.192. The Morgan fingerprint density at radius 3 is 2.75 bits per heavy atom. The maximum Gasteiger partial charge on any atom is 0.291 e. The van der Waals surface area contributed by atoms with Gasteiger partial charge >= 0.3 is 0 Å². The van der Waals surface area contributed by atoms with Crippen molar-refractivity contribution in [2.45, 2.75) is 20.4 Å². The first-order valence-corrected chi connectivity index (χ1v) is 10.4. The first-order chi connectivity index (χ1) is 13.6. The Labute approximate surface area is 168 Å². The molecular weight excluding hydrogens is 372 g/mol. The molecule has 0 radical (unpaired) electrons. The number of hydrogen-bond acceptors (Lipinski definition) is 5. The Hall–Kier alpha value is -2.64. The van der Waals surface area contributed by atoms with Crippen molar-refractivity contribution in [3.8, 4) is 0 Å². The number of anilines is 2. The Morgan fingerprint density at radius 2 is 2.07 bits per heavy atom. The van der Waals surface area contributed by atoms with E-state index < -0.39 is 0 Å².